The highest BCUT2D eigenvalue weighted by Gasteiger charge is 2.38. The van der Waals surface area contributed by atoms with E-state index in [0.29, 0.717) is 6.42 Å². The first-order valence-corrected chi connectivity index (χ1v) is 12.4. The fourth-order valence-corrected chi connectivity index (χ4v) is 3.62. The molecule has 0 aliphatic rings. The first-order valence-electron chi connectivity index (χ1n) is 12.4. The predicted octanol–water partition coefficient (Wildman–Crippen LogP) is 3.32. The minimum atomic E-state index is -2.04. The van der Waals surface area contributed by atoms with Crippen LogP contribution < -0.4 is 0 Å². The molecule has 0 saturated heterocycles. The van der Waals surface area contributed by atoms with Gasteiger partial charge in [0.05, 0.1) is 6.61 Å². The van der Waals surface area contributed by atoms with Crippen LogP contribution in [0, 0.1) is 0 Å². The van der Waals surface area contributed by atoms with Crippen molar-refractivity contribution in [2.75, 3.05) is 6.61 Å². The molecule has 190 valence electrons. The number of hydrogen-bond donors (Lipinski definition) is 5. The maximum absolute atomic E-state index is 11.9. The van der Waals surface area contributed by atoms with Crippen molar-refractivity contribution in [1.29, 1.82) is 0 Å². The average Bonchev–Trinajstić information content (AvgIpc) is 2.78. The number of carboxylic acid groups (broad SMARTS) is 1. The molecule has 32 heavy (non-hydrogen) atoms. The molecule has 8 heteroatoms. The molecule has 0 bridgehead atoms. The Labute approximate surface area is 193 Å². The Morgan fingerprint density at radius 1 is 0.688 bits per heavy atom. The summed E-state index contributed by atoms with van der Waals surface area (Å²) in [6.45, 7) is 1.37. The number of carbonyl (C=O) groups is 2. The second-order valence-electron chi connectivity index (χ2n) is 8.68. The van der Waals surface area contributed by atoms with Crippen molar-refractivity contribution in [2.45, 2.75) is 134 Å². The lowest BCUT2D eigenvalue weighted by molar-refractivity contribution is -0.182. The van der Waals surface area contributed by atoms with Crippen LogP contribution in [0.2, 0.25) is 0 Å². The lowest BCUT2D eigenvalue weighted by atomic mass is 10.0. The smallest absolute Gasteiger partial charge is 0.347 e. The van der Waals surface area contributed by atoms with Crippen molar-refractivity contribution in [3.8, 4) is 0 Å². The zero-order chi connectivity index (χ0) is 24.2. The quantitative estimate of drug-likeness (QED) is 0.122. The summed E-state index contributed by atoms with van der Waals surface area (Å²) in [6, 6.07) is 0. The molecule has 0 aliphatic carbocycles. The van der Waals surface area contributed by atoms with Gasteiger partial charge in [-0.05, 0) is 6.42 Å². The molecule has 0 radical (unpaired) electrons. The summed E-state index contributed by atoms with van der Waals surface area (Å²) in [7, 11) is 0. The van der Waals surface area contributed by atoms with Crippen molar-refractivity contribution in [2.24, 2.45) is 0 Å². The number of carboxylic acids is 1. The van der Waals surface area contributed by atoms with Gasteiger partial charge in [-0.3, -0.25) is 4.79 Å². The largest absolute Gasteiger partial charge is 0.478 e. The van der Waals surface area contributed by atoms with Gasteiger partial charge in [-0.25, -0.2) is 4.79 Å². The Bertz CT molecular complexity index is 471. The van der Waals surface area contributed by atoms with Gasteiger partial charge in [-0.1, -0.05) is 96.8 Å². The maximum atomic E-state index is 11.9. The summed E-state index contributed by atoms with van der Waals surface area (Å²) in [4.78, 5) is 23.1. The van der Waals surface area contributed by atoms with Gasteiger partial charge in [0, 0.05) is 6.42 Å². The maximum Gasteiger partial charge on any atom is 0.347 e. The zero-order valence-electron chi connectivity index (χ0n) is 19.8. The number of carbonyl (C=O) groups excluding carboxylic acids is 1. The van der Waals surface area contributed by atoms with E-state index in [0.717, 1.165) is 19.3 Å². The molecular weight excluding hydrogens is 416 g/mol. The Kier molecular flexibility index (Phi) is 19.6. The van der Waals surface area contributed by atoms with E-state index in [2.05, 4.69) is 6.92 Å². The standard InChI is InChI=1S/C24H46O8/c1-2-3-4-5-6-7-8-9-10-11-12-13-14-15-16-17-20(27)32-23(24(30)31)22(29)21(28)19(26)18-25/h19,21-23,25-26,28-29H,2-18H2,1H3,(H,30,31)/t19-,21-,22+,23-/m1/s1. The van der Waals surface area contributed by atoms with Crippen LogP contribution in [-0.2, 0) is 14.3 Å². The molecule has 0 aromatic carbocycles. The molecule has 4 atom stereocenters. The van der Waals surface area contributed by atoms with Gasteiger partial charge in [-0.15, -0.1) is 0 Å². The van der Waals surface area contributed by atoms with E-state index in [1.807, 2.05) is 0 Å². The first kappa shape index (κ1) is 30.8. The van der Waals surface area contributed by atoms with Crippen molar-refractivity contribution in [1.82, 2.24) is 0 Å². The minimum Gasteiger partial charge on any atom is -0.478 e. The number of aliphatic hydroxyl groups excluding tert-OH is 4. The van der Waals surface area contributed by atoms with Crippen LogP contribution in [0.1, 0.15) is 110 Å². The van der Waals surface area contributed by atoms with Crippen molar-refractivity contribution in [3.63, 3.8) is 0 Å². The molecule has 0 heterocycles. The van der Waals surface area contributed by atoms with E-state index in [1.165, 1.54) is 70.6 Å². The van der Waals surface area contributed by atoms with Crippen LogP contribution in [0.15, 0.2) is 0 Å². The van der Waals surface area contributed by atoms with Gasteiger partial charge >= 0.3 is 11.9 Å². The second kappa shape index (κ2) is 20.4. The van der Waals surface area contributed by atoms with Crippen LogP contribution in [0.25, 0.3) is 0 Å². The Balaban J connectivity index is 3.74. The Morgan fingerprint density at radius 3 is 1.47 bits per heavy atom. The molecule has 0 spiro atoms. The van der Waals surface area contributed by atoms with Gasteiger partial charge in [0.2, 0.25) is 6.10 Å². The molecule has 0 amide bonds. The van der Waals surface area contributed by atoms with Crippen molar-refractivity contribution >= 4 is 11.9 Å². The first-order chi connectivity index (χ1) is 15.3. The summed E-state index contributed by atoms with van der Waals surface area (Å²) in [5, 5.41) is 46.7. The number of hydrogen-bond acceptors (Lipinski definition) is 7. The van der Waals surface area contributed by atoms with Crippen molar-refractivity contribution < 1.29 is 39.9 Å². The zero-order valence-corrected chi connectivity index (χ0v) is 19.8. The summed E-state index contributed by atoms with van der Waals surface area (Å²) in [6.07, 6.45) is 10.2. The normalized spacial score (nSPS) is 15.2. The molecule has 8 nitrogen and oxygen atoms in total. The summed E-state index contributed by atoms with van der Waals surface area (Å²) in [5.41, 5.74) is 0. The van der Waals surface area contributed by atoms with Crippen LogP contribution in [0.4, 0.5) is 0 Å². The number of ether oxygens (including phenoxy) is 1. The molecule has 0 fully saturated rings. The molecule has 0 rings (SSSR count). The summed E-state index contributed by atoms with van der Waals surface area (Å²) < 4.78 is 4.77. The van der Waals surface area contributed by atoms with E-state index >= 15 is 0 Å². The van der Waals surface area contributed by atoms with Crippen LogP contribution in [-0.4, -0.2) is 68.5 Å². The number of rotatable bonds is 22. The number of esters is 1. The molecule has 0 aliphatic heterocycles. The van der Waals surface area contributed by atoms with Gasteiger partial charge in [0.1, 0.15) is 18.3 Å². The van der Waals surface area contributed by atoms with E-state index in [-0.39, 0.29) is 6.42 Å². The SMILES string of the molecule is CCCCCCCCCCCCCCCCCC(=O)O[C@@H](C(=O)O)[C@@H](O)[C@H](O)[C@H](O)CO. The second-order valence-corrected chi connectivity index (χ2v) is 8.68. The van der Waals surface area contributed by atoms with E-state index in [1.54, 1.807) is 0 Å². The fourth-order valence-electron chi connectivity index (χ4n) is 3.62. The predicted molar refractivity (Wildman–Crippen MR) is 122 cm³/mol. The summed E-state index contributed by atoms with van der Waals surface area (Å²) >= 11 is 0. The van der Waals surface area contributed by atoms with Gasteiger partial charge in [0.15, 0.2) is 0 Å². The molecular formula is C24H46O8. The highest BCUT2D eigenvalue weighted by atomic mass is 16.6. The van der Waals surface area contributed by atoms with Crippen LogP contribution in [0.3, 0.4) is 0 Å². The topological polar surface area (TPSA) is 145 Å². The van der Waals surface area contributed by atoms with Gasteiger partial charge < -0.3 is 30.3 Å². The molecule has 0 unspecified atom stereocenters. The Hall–Kier alpha value is -1.22. The third kappa shape index (κ3) is 15.6. The van der Waals surface area contributed by atoms with Gasteiger partial charge in [0.25, 0.3) is 0 Å². The number of unbranched alkanes of at least 4 members (excludes halogenated alkanes) is 14. The third-order valence-electron chi connectivity index (χ3n) is 5.73. The third-order valence-corrected chi connectivity index (χ3v) is 5.73. The van der Waals surface area contributed by atoms with E-state index < -0.39 is 43.0 Å². The molecule has 5 N–H and O–H groups in total. The molecule has 0 saturated carbocycles. The lowest BCUT2D eigenvalue weighted by Gasteiger charge is -2.26. The molecule has 0 aromatic rings. The van der Waals surface area contributed by atoms with Crippen molar-refractivity contribution in [3.05, 3.63) is 0 Å². The molecule has 0 aromatic heterocycles. The highest BCUT2D eigenvalue weighted by Crippen LogP contribution is 2.15. The van der Waals surface area contributed by atoms with E-state index in [4.69, 9.17) is 14.9 Å². The monoisotopic (exact) mass is 462 g/mol. The summed E-state index contributed by atoms with van der Waals surface area (Å²) in [5.74, 6) is -2.41. The number of aliphatic hydroxyl groups is 4. The number of aliphatic carboxylic acids is 1. The average molecular weight is 463 g/mol. The van der Waals surface area contributed by atoms with Crippen LogP contribution >= 0.6 is 0 Å². The highest BCUT2D eigenvalue weighted by molar-refractivity contribution is 5.78. The lowest BCUT2D eigenvalue weighted by Crippen LogP contribution is -2.50. The minimum absolute atomic E-state index is 0.0212. The fraction of sp³-hybridized carbons (Fsp3) is 0.917. The van der Waals surface area contributed by atoms with E-state index in [9.17, 15) is 24.9 Å². The van der Waals surface area contributed by atoms with Crippen LogP contribution in [0.5, 0.6) is 0 Å². The Morgan fingerprint density at radius 2 is 1.09 bits per heavy atom. The van der Waals surface area contributed by atoms with Gasteiger partial charge in [-0.2, -0.15) is 0 Å².